The molecule has 7 heteroatoms. The van der Waals surface area contributed by atoms with Crippen LogP contribution in [0.15, 0.2) is 68.9 Å². The Kier molecular flexibility index (Phi) is 5.29. The lowest BCUT2D eigenvalue weighted by atomic mass is 10.1. The van der Waals surface area contributed by atoms with Crippen LogP contribution in [0, 0.1) is 13.8 Å². The summed E-state index contributed by atoms with van der Waals surface area (Å²) in [5.41, 5.74) is 3.72. The summed E-state index contributed by atoms with van der Waals surface area (Å²) < 4.78 is 5.78. The zero-order valence-electron chi connectivity index (χ0n) is 16.3. The van der Waals surface area contributed by atoms with Gasteiger partial charge < -0.3 is 14.8 Å². The first kappa shape index (κ1) is 19.7. The van der Waals surface area contributed by atoms with Crippen molar-refractivity contribution in [2.24, 2.45) is 4.99 Å². The average molecular weight is 418 g/mol. The van der Waals surface area contributed by atoms with Gasteiger partial charge in [-0.15, -0.1) is 0 Å². The number of nitrogens with zero attached hydrogens (tertiary/aromatic N) is 1. The maximum Gasteiger partial charge on any atom is 0.336 e. The van der Waals surface area contributed by atoms with Crippen molar-refractivity contribution in [2.45, 2.75) is 13.8 Å². The molecule has 2 heterocycles. The number of carboxylic acids is 1. The maximum atomic E-state index is 12.3. The minimum absolute atomic E-state index is 0.154. The Bertz CT molecular complexity index is 1220. The molecule has 0 bridgehead atoms. The van der Waals surface area contributed by atoms with Gasteiger partial charge in [-0.1, -0.05) is 24.3 Å². The van der Waals surface area contributed by atoms with Crippen LogP contribution in [0.3, 0.4) is 0 Å². The molecule has 0 aliphatic carbocycles. The molecule has 3 aromatic rings. The number of amidine groups is 1. The molecule has 6 nitrogen and oxygen atoms in total. The number of furan rings is 1. The van der Waals surface area contributed by atoms with Crippen LogP contribution in [0.5, 0.6) is 0 Å². The third-order valence-electron chi connectivity index (χ3n) is 4.70. The van der Waals surface area contributed by atoms with Crippen LogP contribution in [0.25, 0.3) is 17.4 Å². The molecule has 1 aliphatic rings. The number of carbonyl (C=O) groups is 2. The molecule has 0 atom stereocenters. The number of nitrogens with one attached hydrogen (secondary N) is 1. The standard InChI is InChI=1S/C23H18N2O4S/c1-13-7-8-15(11-14(13)2)24-23-25-21(26)20(30-23)12-16-9-10-19(29-16)17-5-3-4-6-18(17)22(27)28/h3-12H,1-2H3,(H,27,28)(H,24,25,26)/b20-12-. The number of aryl methyl sites for hydroxylation is 2. The molecule has 2 N–H and O–H groups in total. The molecule has 1 amide bonds. The van der Waals surface area contributed by atoms with E-state index in [1.165, 1.54) is 23.4 Å². The summed E-state index contributed by atoms with van der Waals surface area (Å²) in [5.74, 6) is -0.408. The second-order valence-corrected chi connectivity index (χ2v) is 7.83. The van der Waals surface area contributed by atoms with E-state index < -0.39 is 5.97 Å². The number of benzene rings is 2. The number of amides is 1. The van der Waals surface area contributed by atoms with Gasteiger partial charge in [-0.05, 0) is 67.1 Å². The summed E-state index contributed by atoms with van der Waals surface area (Å²) in [6.45, 7) is 4.05. The summed E-state index contributed by atoms with van der Waals surface area (Å²) in [6.07, 6.45) is 1.62. The third-order valence-corrected chi connectivity index (χ3v) is 5.60. The van der Waals surface area contributed by atoms with E-state index in [2.05, 4.69) is 10.3 Å². The van der Waals surface area contributed by atoms with Crippen molar-refractivity contribution in [1.82, 2.24) is 5.32 Å². The van der Waals surface area contributed by atoms with E-state index in [0.717, 1.165) is 11.3 Å². The molecule has 0 spiro atoms. The van der Waals surface area contributed by atoms with Crippen molar-refractivity contribution in [2.75, 3.05) is 0 Å². The molecule has 2 aromatic carbocycles. The van der Waals surface area contributed by atoms with Gasteiger partial charge in [-0.3, -0.25) is 4.79 Å². The number of hydrogen-bond donors (Lipinski definition) is 2. The second-order valence-electron chi connectivity index (χ2n) is 6.80. The number of carbonyl (C=O) groups excluding carboxylic acids is 1. The molecule has 4 rings (SSSR count). The predicted octanol–water partition coefficient (Wildman–Crippen LogP) is 5.15. The van der Waals surface area contributed by atoms with E-state index in [4.69, 9.17) is 4.42 Å². The van der Waals surface area contributed by atoms with Crippen molar-refractivity contribution in [1.29, 1.82) is 0 Å². The highest BCUT2D eigenvalue weighted by atomic mass is 32.2. The molecule has 150 valence electrons. The van der Waals surface area contributed by atoms with E-state index in [1.807, 2.05) is 32.0 Å². The number of carboxylic acid groups (broad SMARTS) is 1. The van der Waals surface area contributed by atoms with Gasteiger partial charge in [-0.2, -0.15) is 0 Å². The molecule has 0 radical (unpaired) electrons. The van der Waals surface area contributed by atoms with Crippen LogP contribution in [-0.4, -0.2) is 22.2 Å². The minimum atomic E-state index is -1.03. The van der Waals surface area contributed by atoms with Crippen LogP contribution >= 0.6 is 11.8 Å². The van der Waals surface area contributed by atoms with Crippen molar-refractivity contribution in [3.8, 4) is 11.3 Å². The van der Waals surface area contributed by atoms with Crippen LogP contribution in [0.2, 0.25) is 0 Å². The molecule has 30 heavy (non-hydrogen) atoms. The van der Waals surface area contributed by atoms with E-state index in [9.17, 15) is 14.7 Å². The van der Waals surface area contributed by atoms with Crippen LogP contribution < -0.4 is 5.32 Å². The summed E-state index contributed by atoms with van der Waals surface area (Å²) in [4.78, 5) is 28.7. The lowest BCUT2D eigenvalue weighted by Gasteiger charge is -2.02. The zero-order valence-corrected chi connectivity index (χ0v) is 17.1. The van der Waals surface area contributed by atoms with Crippen LogP contribution in [0.4, 0.5) is 5.69 Å². The van der Waals surface area contributed by atoms with Crippen LogP contribution in [0.1, 0.15) is 27.2 Å². The summed E-state index contributed by atoms with van der Waals surface area (Å²) in [7, 11) is 0. The molecule has 0 saturated carbocycles. The Morgan fingerprint density at radius 2 is 1.90 bits per heavy atom. The number of rotatable bonds is 4. The predicted molar refractivity (Wildman–Crippen MR) is 118 cm³/mol. The fourth-order valence-corrected chi connectivity index (χ4v) is 3.80. The van der Waals surface area contributed by atoms with Gasteiger partial charge in [0.2, 0.25) is 0 Å². The molecule has 1 aliphatic heterocycles. The van der Waals surface area contributed by atoms with Gasteiger partial charge in [0.15, 0.2) is 5.17 Å². The number of aliphatic imine (C=N–C) groups is 1. The molecular weight excluding hydrogens is 400 g/mol. The monoisotopic (exact) mass is 418 g/mol. The first-order valence-electron chi connectivity index (χ1n) is 9.20. The van der Waals surface area contributed by atoms with E-state index in [1.54, 1.807) is 36.4 Å². The zero-order chi connectivity index (χ0) is 21.3. The Morgan fingerprint density at radius 1 is 1.10 bits per heavy atom. The molecule has 0 unspecified atom stereocenters. The van der Waals surface area contributed by atoms with Crippen LogP contribution in [-0.2, 0) is 4.79 Å². The fraction of sp³-hybridized carbons (Fsp3) is 0.0870. The highest BCUT2D eigenvalue weighted by Gasteiger charge is 2.24. The normalized spacial score (nSPS) is 16.3. The van der Waals surface area contributed by atoms with Gasteiger partial charge in [-0.25, -0.2) is 9.79 Å². The third kappa shape index (κ3) is 4.06. The average Bonchev–Trinajstić information content (AvgIpc) is 3.31. The Morgan fingerprint density at radius 3 is 2.67 bits per heavy atom. The minimum Gasteiger partial charge on any atom is -0.478 e. The van der Waals surface area contributed by atoms with Gasteiger partial charge in [0.1, 0.15) is 11.5 Å². The van der Waals surface area contributed by atoms with E-state index in [-0.39, 0.29) is 11.5 Å². The summed E-state index contributed by atoms with van der Waals surface area (Å²) in [6, 6.07) is 15.9. The lowest BCUT2D eigenvalue weighted by molar-refractivity contribution is -0.115. The smallest absolute Gasteiger partial charge is 0.336 e. The fourth-order valence-electron chi connectivity index (χ4n) is 2.98. The van der Waals surface area contributed by atoms with Gasteiger partial charge >= 0.3 is 5.97 Å². The van der Waals surface area contributed by atoms with E-state index in [0.29, 0.717) is 27.2 Å². The number of hydrogen-bond acceptors (Lipinski definition) is 5. The first-order valence-corrected chi connectivity index (χ1v) is 10.0. The number of aromatic carboxylic acids is 1. The first-order chi connectivity index (χ1) is 14.4. The molecular formula is C23H18N2O4S. The summed E-state index contributed by atoms with van der Waals surface area (Å²) >= 11 is 1.23. The Balaban J connectivity index is 1.58. The van der Waals surface area contributed by atoms with Gasteiger partial charge in [0, 0.05) is 11.6 Å². The maximum absolute atomic E-state index is 12.3. The largest absolute Gasteiger partial charge is 0.478 e. The quantitative estimate of drug-likeness (QED) is 0.572. The van der Waals surface area contributed by atoms with Gasteiger partial charge in [0.25, 0.3) is 5.91 Å². The molecule has 1 fully saturated rings. The van der Waals surface area contributed by atoms with Crippen molar-refractivity contribution in [3.63, 3.8) is 0 Å². The molecule has 1 aromatic heterocycles. The van der Waals surface area contributed by atoms with Crippen molar-refractivity contribution < 1.29 is 19.1 Å². The summed E-state index contributed by atoms with van der Waals surface area (Å²) in [5, 5.41) is 12.6. The van der Waals surface area contributed by atoms with Crippen molar-refractivity contribution in [3.05, 3.63) is 82.0 Å². The Labute approximate surface area is 177 Å². The van der Waals surface area contributed by atoms with Gasteiger partial charge in [0.05, 0.1) is 16.2 Å². The molecule has 1 saturated heterocycles. The second kappa shape index (κ2) is 8.04. The lowest BCUT2D eigenvalue weighted by Crippen LogP contribution is -2.19. The SMILES string of the molecule is Cc1ccc(N=C2NC(=O)/C(=C/c3ccc(-c4ccccc4C(=O)O)o3)S2)cc1C. The topological polar surface area (TPSA) is 91.9 Å². The highest BCUT2D eigenvalue weighted by molar-refractivity contribution is 8.18. The van der Waals surface area contributed by atoms with Crippen molar-refractivity contribution >= 4 is 40.6 Å². The number of thioether (sulfide) groups is 1. The highest BCUT2D eigenvalue weighted by Crippen LogP contribution is 2.31. The van der Waals surface area contributed by atoms with E-state index >= 15 is 0 Å². The Hall–Kier alpha value is -3.58.